The number of hydrogen-bond acceptors (Lipinski definition) is 4. The normalized spacial score (nSPS) is 11.5. The number of sulfonamides is 1. The van der Waals surface area contributed by atoms with E-state index in [9.17, 15) is 18.0 Å². The highest BCUT2D eigenvalue weighted by molar-refractivity contribution is 7.92. The van der Waals surface area contributed by atoms with Crippen molar-refractivity contribution in [3.05, 3.63) is 40.8 Å². The number of amides is 2. The number of carbonyl (C=O) groups excluding carboxylic acids is 2. The van der Waals surface area contributed by atoms with Crippen LogP contribution in [0.15, 0.2) is 29.7 Å². The van der Waals surface area contributed by atoms with Crippen LogP contribution in [0, 0.1) is 6.92 Å². The van der Waals surface area contributed by atoms with E-state index < -0.39 is 15.9 Å². The second-order valence-corrected chi connectivity index (χ2v) is 7.12. The summed E-state index contributed by atoms with van der Waals surface area (Å²) >= 11 is 0. The van der Waals surface area contributed by atoms with Gasteiger partial charge in [-0.05, 0) is 18.6 Å². The van der Waals surface area contributed by atoms with Gasteiger partial charge in [0.1, 0.15) is 0 Å². The number of hydrogen-bond donors (Lipinski definition) is 2. The van der Waals surface area contributed by atoms with Crippen LogP contribution in [0.3, 0.4) is 0 Å². The van der Waals surface area contributed by atoms with Crippen LogP contribution in [0.2, 0.25) is 0 Å². The summed E-state index contributed by atoms with van der Waals surface area (Å²) in [5.41, 5.74) is 1.86. The minimum absolute atomic E-state index is 0.0391. The molecule has 0 aliphatic carbocycles. The Morgan fingerprint density at radius 1 is 1.17 bits per heavy atom. The summed E-state index contributed by atoms with van der Waals surface area (Å²) in [4.78, 5) is 24.2. The predicted octanol–water partition coefficient (Wildman–Crippen LogP) is 0.480. The van der Waals surface area contributed by atoms with Crippen molar-refractivity contribution in [2.75, 3.05) is 27.2 Å². The summed E-state index contributed by atoms with van der Waals surface area (Å²) in [6, 6.07) is 7.41. The average Bonchev–Trinajstić information content (AvgIpc) is 2.51. The van der Waals surface area contributed by atoms with Crippen LogP contribution in [-0.4, -0.2) is 52.3 Å². The topological polar surface area (TPSA) is 95.6 Å². The first kappa shape index (κ1) is 19.9. The molecule has 0 aromatic heterocycles. The van der Waals surface area contributed by atoms with Gasteiger partial charge in [0.15, 0.2) is 0 Å². The van der Waals surface area contributed by atoms with Gasteiger partial charge in [0.2, 0.25) is 21.8 Å². The molecule has 7 nitrogen and oxygen atoms in total. The number of likely N-dealkylation sites (N-methyl/N-ethyl adjacent to an activating group) is 1. The van der Waals surface area contributed by atoms with Gasteiger partial charge in [-0.15, -0.1) is 0 Å². The van der Waals surface area contributed by atoms with Gasteiger partial charge in [0, 0.05) is 32.5 Å². The summed E-state index contributed by atoms with van der Waals surface area (Å²) in [6.07, 6.45) is 1.44. The Kier molecular flexibility index (Phi) is 7.60. The number of aryl methyl sites for hydroxylation is 1. The van der Waals surface area contributed by atoms with Crippen molar-refractivity contribution in [1.29, 1.82) is 0 Å². The highest BCUT2D eigenvalue weighted by Crippen LogP contribution is 2.06. The van der Waals surface area contributed by atoms with Crippen LogP contribution in [0.1, 0.15) is 17.5 Å². The van der Waals surface area contributed by atoms with Crippen molar-refractivity contribution >= 4 is 27.9 Å². The molecule has 8 heteroatoms. The molecule has 0 radical (unpaired) electrons. The van der Waals surface area contributed by atoms with Gasteiger partial charge in [-0.3, -0.25) is 9.59 Å². The van der Waals surface area contributed by atoms with Crippen LogP contribution in [0.25, 0.3) is 6.08 Å². The van der Waals surface area contributed by atoms with E-state index >= 15 is 0 Å². The minimum Gasteiger partial charge on any atom is -0.347 e. The molecule has 0 saturated carbocycles. The Morgan fingerprint density at radius 2 is 1.79 bits per heavy atom. The quantitative estimate of drug-likeness (QED) is 0.710. The smallest absolute Gasteiger partial charge is 0.241 e. The molecule has 1 rings (SSSR count). The Bertz CT molecular complexity index is 695. The molecular weight excluding hydrogens is 330 g/mol. The lowest BCUT2D eigenvalue weighted by Crippen LogP contribution is -2.37. The van der Waals surface area contributed by atoms with Crippen LogP contribution in [-0.2, 0) is 19.6 Å². The summed E-state index contributed by atoms with van der Waals surface area (Å²) in [7, 11) is -0.443. The van der Waals surface area contributed by atoms with Crippen molar-refractivity contribution in [1.82, 2.24) is 14.9 Å². The fourth-order valence-electron chi connectivity index (χ4n) is 1.62. The molecule has 0 fully saturated rings. The number of nitrogens with one attached hydrogen (secondary N) is 2. The minimum atomic E-state index is -3.62. The van der Waals surface area contributed by atoms with E-state index in [1.54, 1.807) is 14.1 Å². The van der Waals surface area contributed by atoms with E-state index in [-0.39, 0.29) is 25.4 Å². The molecule has 0 bridgehead atoms. The molecule has 132 valence electrons. The van der Waals surface area contributed by atoms with Crippen LogP contribution in [0.5, 0.6) is 0 Å². The van der Waals surface area contributed by atoms with Crippen LogP contribution < -0.4 is 10.0 Å². The first-order valence-corrected chi connectivity index (χ1v) is 8.95. The lowest BCUT2D eigenvalue weighted by atomic mass is 10.2. The zero-order valence-corrected chi connectivity index (χ0v) is 14.9. The molecule has 0 heterocycles. The van der Waals surface area contributed by atoms with Crippen molar-refractivity contribution in [3.63, 3.8) is 0 Å². The van der Waals surface area contributed by atoms with Gasteiger partial charge >= 0.3 is 0 Å². The average molecular weight is 353 g/mol. The predicted molar refractivity (Wildman–Crippen MR) is 93.5 cm³/mol. The largest absolute Gasteiger partial charge is 0.347 e. The second kappa shape index (κ2) is 9.19. The van der Waals surface area contributed by atoms with Gasteiger partial charge < -0.3 is 10.2 Å². The molecule has 0 spiro atoms. The number of rotatable bonds is 8. The van der Waals surface area contributed by atoms with E-state index in [2.05, 4.69) is 10.0 Å². The summed E-state index contributed by atoms with van der Waals surface area (Å²) in [6.45, 7) is 1.80. The van der Waals surface area contributed by atoms with Gasteiger partial charge in [0.25, 0.3) is 0 Å². The number of carbonyl (C=O) groups is 2. The first-order valence-electron chi connectivity index (χ1n) is 7.41. The fraction of sp³-hybridized carbons (Fsp3) is 0.375. The van der Waals surface area contributed by atoms with Crippen LogP contribution >= 0.6 is 0 Å². The van der Waals surface area contributed by atoms with Gasteiger partial charge in [0.05, 0.1) is 6.54 Å². The highest BCUT2D eigenvalue weighted by Gasteiger charge is 2.09. The van der Waals surface area contributed by atoms with Gasteiger partial charge in [-0.25, -0.2) is 13.1 Å². The standard InChI is InChI=1S/C16H23N3O4S/c1-13-4-6-14(7-5-13)9-11-24(22,23)18-10-8-15(20)17-12-16(21)19(2)3/h4-7,9,11,18H,8,10,12H2,1-3H3,(H,17,20)/b11-9+. The van der Waals surface area contributed by atoms with E-state index in [0.717, 1.165) is 16.5 Å². The third-order valence-corrected chi connectivity index (χ3v) is 4.21. The second-order valence-electron chi connectivity index (χ2n) is 5.47. The molecule has 0 aliphatic heterocycles. The molecular formula is C16H23N3O4S. The summed E-state index contributed by atoms with van der Waals surface area (Å²) in [5.74, 6) is -0.625. The Balaban J connectivity index is 2.38. The Morgan fingerprint density at radius 3 is 2.38 bits per heavy atom. The lowest BCUT2D eigenvalue weighted by Gasteiger charge is -2.10. The SMILES string of the molecule is Cc1ccc(/C=C/S(=O)(=O)NCCC(=O)NCC(=O)N(C)C)cc1. The third-order valence-electron chi connectivity index (χ3n) is 3.11. The molecule has 1 aromatic carbocycles. The van der Waals surface area contributed by atoms with Gasteiger partial charge in [-0.1, -0.05) is 29.8 Å². The lowest BCUT2D eigenvalue weighted by molar-refractivity contribution is -0.130. The number of nitrogens with zero attached hydrogens (tertiary/aromatic N) is 1. The first-order chi connectivity index (χ1) is 11.2. The monoisotopic (exact) mass is 353 g/mol. The van der Waals surface area contributed by atoms with E-state index in [0.29, 0.717) is 0 Å². The zero-order chi connectivity index (χ0) is 18.2. The fourth-order valence-corrected chi connectivity index (χ4v) is 2.44. The maximum atomic E-state index is 11.8. The van der Waals surface area contributed by atoms with E-state index in [1.807, 2.05) is 31.2 Å². The van der Waals surface area contributed by atoms with E-state index in [4.69, 9.17) is 0 Å². The van der Waals surface area contributed by atoms with Crippen molar-refractivity contribution < 1.29 is 18.0 Å². The molecule has 0 atom stereocenters. The zero-order valence-electron chi connectivity index (χ0n) is 14.1. The van der Waals surface area contributed by atoms with Crippen molar-refractivity contribution in [2.45, 2.75) is 13.3 Å². The van der Waals surface area contributed by atoms with Gasteiger partial charge in [-0.2, -0.15) is 0 Å². The maximum Gasteiger partial charge on any atom is 0.241 e. The molecule has 2 amide bonds. The molecule has 2 N–H and O–H groups in total. The summed E-state index contributed by atoms with van der Waals surface area (Å²) in [5, 5.41) is 3.49. The van der Waals surface area contributed by atoms with Crippen LogP contribution in [0.4, 0.5) is 0 Å². The number of benzene rings is 1. The molecule has 0 unspecified atom stereocenters. The molecule has 24 heavy (non-hydrogen) atoms. The maximum absolute atomic E-state index is 11.8. The van der Waals surface area contributed by atoms with Crippen molar-refractivity contribution in [3.8, 4) is 0 Å². The molecule has 1 aromatic rings. The Hall–Kier alpha value is -2.19. The summed E-state index contributed by atoms with van der Waals surface area (Å²) < 4.78 is 25.9. The van der Waals surface area contributed by atoms with Crippen molar-refractivity contribution in [2.24, 2.45) is 0 Å². The third kappa shape index (κ3) is 7.89. The van der Waals surface area contributed by atoms with E-state index in [1.165, 1.54) is 11.0 Å². The molecule has 0 aliphatic rings. The molecule has 0 saturated heterocycles. The highest BCUT2D eigenvalue weighted by atomic mass is 32.2. The Labute approximate surface area is 142 Å².